The Morgan fingerprint density at radius 1 is 1.38 bits per heavy atom. The third kappa shape index (κ3) is 3.85. The number of hydrogen-bond acceptors (Lipinski definition) is 5. The van der Waals surface area contributed by atoms with E-state index in [1.54, 1.807) is 13.2 Å². The minimum atomic E-state index is -0.509. The number of aliphatic hydroxyl groups is 1. The predicted octanol–water partition coefficient (Wildman–Crippen LogP) is 1.22. The van der Waals surface area contributed by atoms with Gasteiger partial charge >= 0.3 is 5.69 Å². The topological polar surface area (TPSA) is 95.1 Å². The van der Waals surface area contributed by atoms with Crippen molar-refractivity contribution in [3.05, 3.63) is 21.7 Å². The molecule has 0 spiro atoms. The standard InChI is InChI=1S/C14H21N3O3S/c1-8-11(13(21-2)17-14(20)15-8)12(19)16-9-6-4-3-5-7-10(9)18/h9-10,18H,3-7H2,1-2H3,(H,16,19)(H,15,17,20). The van der Waals surface area contributed by atoms with Crippen LogP contribution in [0.4, 0.5) is 0 Å². The van der Waals surface area contributed by atoms with Crippen LogP contribution in [0.1, 0.15) is 48.2 Å². The molecular weight excluding hydrogens is 290 g/mol. The summed E-state index contributed by atoms with van der Waals surface area (Å²) in [6.45, 7) is 1.68. The molecule has 2 rings (SSSR count). The number of aliphatic hydroxyl groups excluding tert-OH is 1. The van der Waals surface area contributed by atoms with Crippen molar-refractivity contribution < 1.29 is 9.90 Å². The molecule has 0 radical (unpaired) electrons. The predicted molar refractivity (Wildman–Crippen MR) is 81.7 cm³/mol. The zero-order valence-corrected chi connectivity index (χ0v) is 13.1. The van der Waals surface area contributed by atoms with Gasteiger partial charge in [0.1, 0.15) is 5.03 Å². The van der Waals surface area contributed by atoms with Gasteiger partial charge in [0.2, 0.25) is 0 Å². The quantitative estimate of drug-likeness (QED) is 0.443. The first kappa shape index (κ1) is 16.0. The minimum Gasteiger partial charge on any atom is -0.391 e. The number of carbonyl (C=O) groups is 1. The summed E-state index contributed by atoms with van der Waals surface area (Å²) in [5.74, 6) is -0.286. The van der Waals surface area contributed by atoms with Gasteiger partial charge in [0.25, 0.3) is 5.91 Å². The molecule has 1 saturated carbocycles. The fourth-order valence-electron chi connectivity index (χ4n) is 2.67. The lowest BCUT2D eigenvalue weighted by Gasteiger charge is -2.22. The Morgan fingerprint density at radius 3 is 2.81 bits per heavy atom. The van der Waals surface area contributed by atoms with Crippen LogP contribution in [-0.4, -0.2) is 39.4 Å². The maximum atomic E-state index is 12.5. The molecule has 1 aromatic heterocycles. The first-order chi connectivity index (χ1) is 10.0. The van der Waals surface area contributed by atoms with Crippen molar-refractivity contribution in [2.24, 2.45) is 0 Å². The van der Waals surface area contributed by atoms with Gasteiger partial charge in [0.15, 0.2) is 0 Å². The lowest BCUT2D eigenvalue weighted by Crippen LogP contribution is -2.43. The highest BCUT2D eigenvalue weighted by molar-refractivity contribution is 7.98. The Labute approximate surface area is 127 Å². The van der Waals surface area contributed by atoms with E-state index in [9.17, 15) is 14.7 Å². The average molecular weight is 311 g/mol. The van der Waals surface area contributed by atoms with Crippen molar-refractivity contribution in [3.8, 4) is 0 Å². The number of hydrogen-bond donors (Lipinski definition) is 3. The lowest BCUT2D eigenvalue weighted by molar-refractivity contribution is 0.0814. The van der Waals surface area contributed by atoms with E-state index < -0.39 is 11.8 Å². The molecule has 0 aliphatic heterocycles. The number of H-pyrrole nitrogens is 1. The van der Waals surface area contributed by atoms with Crippen molar-refractivity contribution in [2.45, 2.75) is 56.2 Å². The minimum absolute atomic E-state index is 0.235. The van der Waals surface area contributed by atoms with E-state index in [-0.39, 0.29) is 11.9 Å². The SMILES string of the molecule is CSc1nc(=O)[nH]c(C)c1C(=O)NC1CCCCCC1O. The molecule has 1 aliphatic carbocycles. The number of nitrogens with one attached hydrogen (secondary N) is 2. The summed E-state index contributed by atoms with van der Waals surface area (Å²) in [7, 11) is 0. The normalized spacial score (nSPS) is 22.6. The molecule has 1 fully saturated rings. The highest BCUT2D eigenvalue weighted by Crippen LogP contribution is 2.21. The number of thioether (sulfide) groups is 1. The Bertz CT molecular complexity index is 573. The summed E-state index contributed by atoms with van der Waals surface area (Å²) in [5.41, 5.74) is 0.432. The number of aryl methyl sites for hydroxylation is 1. The Kier molecular flexibility index (Phi) is 5.41. The smallest absolute Gasteiger partial charge is 0.346 e. The van der Waals surface area contributed by atoms with Gasteiger partial charge in [0.05, 0.1) is 17.7 Å². The highest BCUT2D eigenvalue weighted by atomic mass is 32.2. The molecule has 0 bridgehead atoms. The second kappa shape index (κ2) is 7.09. The molecule has 1 amide bonds. The van der Waals surface area contributed by atoms with E-state index in [1.165, 1.54) is 11.8 Å². The second-order valence-electron chi connectivity index (χ2n) is 5.34. The molecule has 6 nitrogen and oxygen atoms in total. The fraction of sp³-hybridized carbons (Fsp3) is 0.643. The molecular formula is C14H21N3O3S. The molecule has 7 heteroatoms. The van der Waals surface area contributed by atoms with Crippen molar-refractivity contribution in [1.82, 2.24) is 15.3 Å². The first-order valence-corrected chi connectivity index (χ1v) is 8.39. The molecule has 116 valence electrons. The van der Waals surface area contributed by atoms with E-state index in [0.29, 0.717) is 22.7 Å². The van der Waals surface area contributed by atoms with Crippen molar-refractivity contribution in [2.75, 3.05) is 6.26 Å². The maximum Gasteiger partial charge on any atom is 0.346 e. The van der Waals surface area contributed by atoms with Gasteiger partial charge in [-0.1, -0.05) is 19.3 Å². The summed E-state index contributed by atoms with van der Waals surface area (Å²) < 4.78 is 0. The first-order valence-electron chi connectivity index (χ1n) is 7.16. The largest absolute Gasteiger partial charge is 0.391 e. The summed E-state index contributed by atoms with van der Waals surface area (Å²) in [5, 5.41) is 13.4. The maximum absolute atomic E-state index is 12.5. The second-order valence-corrected chi connectivity index (χ2v) is 6.13. The van der Waals surface area contributed by atoms with Crippen molar-refractivity contribution in [3.63, 3.8) is 0 Å². The molecule has 0 aromatic carbocycles. The lowest BCUT2D eigenvalue weighted by atomic mass is 10.1. The van der Waals surface area contributed by atoms with E-state index in [0.717, 1.165) is 25.7 Å². The Balaban J connectivity index is 2.22. The van der Waals surface area contributed by atoms with Gasteiger partial charge in [-0.15, -0.1) is 11.8 Å². The third-order valence-corrected chi connectivity index (χ3v) is 4.48. The number of amides is 1. The fourth-order valence-corrected chi connectivity index (χ4v) is 3.30. The van der Waals surface area contributed by atoms with Gasteiger partial charge in [-0.25, -0.2) is 4.79 Å². The summed E-state index contributed by atoms with van der Waals surface area (Å²) >= 11 is 1.26. The van der Waals surface area contributed by atoms with Crippen LogP contribution in [0.3, 0.4) is 0 Å². The third-order valence-electron chi connectivity index (χ3n) is 3.80. The van der Waals surface area contributed by atoms with E-state index in [4.69, 9.17) is 0 Å². The van der Waals surface area contributed by atoms with Crippen LogP contribution in [0.5, 0.6) is 0 Å². The molecule has 1 heterocycles. The van der Waals surface area contributed by atoms with Crippen LogP contribution < -0.4 is 11.0 Å². The molecule has 2 unspecified atom stereocenters. The number of aromatic amines is 1. The Hall–Kier alpha value is -1.34. The van der Waals surface area contributed by atoms with Crippen LogP contribution in [0.2, 0.25) is 0 Å². The molecule has 1 aromatic rings. The number of rotatable bonds is 3. The summed E-state index contributed by atoms with van der Waals surface area (Å²) in [6, 6.07) is -0.235. The highest BCUT2D eigenvalue weighted by Gasteiger charge is 2.25. The molecule has 21 heavy (non-hydrogen) atoms. The van der Waals surface area contributed by atoms with Crippen LogP contribution in [-0.2, 0) is 0 Å². The van der Waals surface area contributed by atoms with Crippen LogP contribution in [0.15, 0.2) is 9.82 Å². The van der Waals surface area contributed by atoms with Gasteiger partial charge < -0.3 is 15.4 Å². The molecule has 2 atom stereocenters. The number of carbonyl (C=O) groups excluding carboxylic acids is 1. The molecule has 3 N–H and O–H groups in total. The monoisotopic (exact) mass is 311 g/mol. The number of aromatic nitrogens is 2. The van der Waals surface area contributed by atoms with E-state index >= 15 is 0 Å². The molecule has 1 aliphatic rings. The number of nitrogens with zero attached hydrogens (tertiary/aromatic N) is 1. The average Bonchev–Trinajstić information content (AvgIpc) is 2.63. The van der Waals surface area contributed by atoms with Gasteiger partial charge in [-0.05, 0) is 26.0 Å². The summed E-state index contributed by atoms with van der Waals surface area (Å²) in [4.78, 5) is 30.3. The van der Waals surface area contributed by atoms with Gasteiger partial charge in [0, 0.05) is 5.69 Å². The van der Waals surface area contributed by atoms with Crippen molar-refractivity contribution >= 4 is 17.7 Å². The zero-order chi connectivity index (χ0) is 15.4. The summed E-state index contributed by atoms with van der Waals surface area (Å²) in [6.07, 6.45) is 5.83. The van der Waals surface area contributed by atoms with E-state index in [2.05, 4.69) is 15.3 Å². The molecule has 0 saturated heterocycles. The Morgan fingerprint density at radius 2 is 2.10 bits per heavy atom. The van der Waals surface area contributed by atoms with E-state index in [1.807, 2.05) is 0 Å². The van der Waals surface area contributed by atoms with Gasteiger partial charge in [-0.3, -0.25) is 4.79 Å². The van der Waals surface area contributed by atoms with Crippen LogP contribution in [0, 0.1) is 6.92 Å². The zero-order valence-electron chi connectivity index (χ0n) is 12.3. The van der Waals surface area contributed by atoms with Crippen molar-refractivity contribution in [1.29, 1.82) is 0 Å². The van der Waals surface area contributed by atoms with Crippen LogP contribution in [0.25, 0.3) is 0 Å². The van der Waals surface area contributed by atoms with Gasteiger partial charge in [-0.2, -0.15) is 4.98 Å². The van der Waals surface area contributed by atoms with Crippen LogP contribution >= 0.6 is 11.8 Å².